The van der Waals surface area contributed by atoms with Gasteiger partial charge in [-0.15, -0.1) is 11.3 Å². The van der Waals surface area contributed by atoms with E-state index in [0.717, 1.165) is 19.3 Å². The molecule has 4 atom stereocenters. The molecule has 0 aliphatic heterocycles. The number of fused-ring (bicyclic) bond motifs is 3. The van der Waals surface area contributed by atoms with Crippen molar-refractivity contribution < 1.29 is 9.90 Å². The maximum absolute atomic E-state index is 12.6. The molecule has 1 aromatic rings. The first-order valence-electron chi connectivity index (χ1n) is 8.56. The first kappa shape index (κ1) is 14.6. The molecule has 2 nitrogen and oxygen atoms in total. The molecule has 1 aromatic heterocycles. The van der Waals surface area contributed by atoms with E-state index in [1.165, 1.54) is 35.3 Å². The van der Waals surface area contributed by atoms with Gasteiger partial charge in [0.1, 0.15) is 0 Å². The van der Waals surface area contributed by atoms with Crippen molar-refractivity contribution in [2.45, 2.75) is 63.9 Å². The number of thiophene rings is 1. The number of rotatable bonds is 3. The van der Waals surface area contributed by atoms with Gasteiger partial charge in [0.25, 0.3) is 0 Å². The van der Waals surface area contributed by atoms with Crippen LogP contribution in [0.25, 0.3) is 5.57 Å². The predicted molar refractivity (Wildman–Crippen MR) is 90.0 cm³/mol. The second-order valence-corrected chi connectivity index (χ2v) is 8.55. The Labute approximate surface area is 136 Å². The highest BCUT2D eigenvalue weighted by Gasteiger charge is 2.59. The lowest BCUT2D eigenvalue weighted by Crippen LogP contribution is -2.51. The minimum Gasteiger partial charge on any atom is -0.389 e. The Morgan fingerprint density at radius 2 is 2.23 bits per heavy atom. The van der Waals surface area contributed by atoms with E-state index in [9.17, 15) is 9.90 Å². The van der Waals surface area contributed by atoms with E-state index in [0.29, 0.717) is 5.92 Å². The fourth-order valence-electron chi connectivity index (χ4n) is 5.12. The number of hydrogen-bond donors (Lipinski definition) is 1. The van der Waals surface area contributed by atoms with E-state index in [1.54, 1.807) is 11.3 Å². The van der Waals surface area contributed by atoms with Crippen molar-refractivity contribution in [3.05, 3.63) is 28.0 Å². The molecule has 118 valence electrons. The Balaban J connectivity index is 1.84. The summed E-state index contributed by atoms with van der Waals surface area (Å²) in [6.45, 7) is 4.10. The standard InChI is InChI=1S/C19H24O2S/c1-3-4-5-13-12-6-9-22-17(12)14-10-16(20)15-11-19(13,14)8-7-18(15,2)21/h6,9-10,13,15,21H,3-5,7-8,11H2,1-2H3/t13?,15-,18?,19+/m0/s1. The van der Waals surface area contributed by atoms with Gasteiger partial charge in [-0.2, -0.15) is 0 Å². The summed E-state index contributed by atoms with van der Waals surface area (Å²) in [6, 6.07) is 2.28. The number of hydrogen-bond acceptors (Lipinski definition) is 3. The maximum Gasteiger partial charge on any atom is 0.162 e. The first-order valence-corrected chi connectivity index (χ1v) is 9.44. The van der Waals surface area contributed by atoms with Crippen molar-refractivity contribution in [2.75, 3.05) is 0 Å². The monoisotopic (exact) mass is 316 g/mol. The van der Waals surface area contributed by atoms with Gasteiger partial charge in [-0.25, -0.2) is 0 Å². The quantitative estimate of drug-likeness (QED) is 0.889. The first-order chi connectivity index (χ1) is 10.5. The zero-order valence-electron chi connectivity index (χ0n) is 13.4. The fourth-order valence-corrected chi connectivity index (χ4v) is 6.21. The summed E-state index contributed by atoms with van der Waals surface area (Å²) in [6.07, 6.45) is 8.17. The second kappa shape index (κ2) is 4.78. The van der Waals surface area contributed by atoms with Crippen LogP contribution < -0.4 is 0 Å². The molecule has 1 N–H and O–H groups in total. The van der Waals surface area contributed by atoms with Crippen LogP contribution in [0.5, 0.6) is 0 Å². The van der Waals surface area contributed by atoms with Gasteiger partial charge in [0.2, 0.25) is 0 Å². The molecule has 1 fully saturated rings. The van der Waals surface area contributed by atoms with E-state index in [-0.39, 0.29) is 17.1 Å². The molecule has 0 amide bonds. The van der Waals surface area contributed by atoms with Crippen molar-refractivity contribution in [2.24, 2.45) is 11.3 Å². The Morgan fingerprint density at radius 3 is 3.00 bits per heavy atom. The Morgan fingerprint density at radius 1 is 1.41 bits per heavy atom. The zero-order valence-corrected chi connectivity index (χ0v) is 14.2. The summed E-state index contributed by atoms with van der Waals surface area (Å²) in [5.74, 6) is 0.487. The molecule has 3 heteroatoms. The van der Waals surface area contributed by atoms with E-state index in [4.69, 9.17) is 0 Å². The Bertz CT molecular complexity index is 654. The number of allylic oxidation sites excluding steroid dienone is 2. The van der Waals surface area contributed by atoms with Gasteiger partial charge in [0, 0.05) is 10.3 Å². The normalized spacial score (nSPS) is 39.4. The Hall–Kier alpha value is -0.930. The van der Waals surface area contributed by atoms with Gasteiger partial charge in [0.05, 0.1) is 11.5 Å². The number of unbranched alkanes of at least 4 members (excludes halogenated alkanes) is 1. The summed E-state index contributed by atoms with van der Waals surface area (Å²) >= 11 is 1.79. The lowest BCUT2D eigenvalue weighted by atomic mass is 9.54. The van der Waals surface area contributed by atoms with Crippen LogP contribution in [-0.4, -0.2) is 16.5 Å². The number of carbonyl (C=O) groups is 1. The second-order valence-electron chi connectivity index (χ2n) is 7.63. The third-order valence-corrected chi connectivity index (χ3v) is 7.36. The van der Waals surface area contributed by atoms with E-state index in [2.05, 4.69) is 18.4 Å². The molecule has 22 heavy (non-hydrogen) atoms. The highest BCUT2D eigenvalue weighted by Crippen LogP contribution is 2.67. The van der Waals surface area contributed by atoms with Crippen LogP contribution >= 0.6 is 11.3 Å². The van der Waals surface area contributed by atoms with Crippen molar-refractivity contribution in [1.82, 2.24) is 0 Å². The molecular weight excluding hydrogens is 292 g/mol. The summed E-state index contributed by atoms with van der Waals surface area (Å²) in [4.78, 5) is 13.9. The van der Waals surface area contributed by atoms with Crippen molar-refractivity contribution in [3.8, 4) is 0 Å². The van der Waals surface area contributed by atoms with Crippen LogP contribution in [0.3, 0.4) is 0 Å². The van der Waals surface area contributed by atoms with E-state index in [1.807, 2.05) is 13.0 Å². The van der Waals surface area contributed by atoms with Gasteiger partial charge in [-0.05, 0) is 67.2 Å². The van der Waals surface area contributed by atoms with Gasteiger partial charge in [0.15, 0.2) is 5.78 Å². The molecule has 1 saturated carbocycles. The van der Waals surface area contributed by atoms with Crippen molar-refractivity contribution in [3.63, 3.8) is 0 Å². The summed E-state index contributed by atoms with van der Waals surface area (Å²) in [5, 5.41) is 12.8. The number of aliphatic hydroxyl groups is 1. The number of ketones is 1. The topological polar surface area (TPSA) is 37.3 Å². The SMILES string of the molecule is CCCCC1c2ccsc2C2=CC(=O)[C@@H]3C[C@@]21CCC3(C)O. The van der Waals surface area contributed by atoms with Crippen LogP contribution in [0.15, 0.2) is 17.5 Å². The summed E-state index contributed by atoms with van der Waals surface area (Å²) in [7, 11) is 0. The predicted octanol–water partition coefficient (Wildman–Crippen LogP) is 4.54. The molecule has 3 aliphatic carbocycles. The average Bonchev–Trinajstić information content (AvgIpc) is 3.02. The summed E-state index contributed by atoms with van der Waals surface area (Å²) in [5.41, 5.74) is 2.07. The average molecular weight is 316 g/mol. The minimum absolute atomic E-state index is 0.123. The fraction of sp³-hybridized carbons (Fsp3) is 0.632. The van der Waals surface area contributed by atoms with E-state index >= 15 is 0 Å². The Kier molecular flexibility index (Phi) is 3.18. The van der Waals surface area contributed by atoms with Gasteiger partial charge >= 0.3 is 0 Å². The molecular formula is C19H24O2S. The maximum atomic E-state index is 12.6. The van der Waals surface area contributed by atoms with Crippen LogP contribution in [0.1, 0.15) is 68.7 Å². The molecule has 3 aliphatic rings. The smallest absolute Gasteiger partial charge is 0.162 e. The molecule has 0 aromatic carbocycles. The highest BCUT2D eigenvalue weighted by molar-refractivity contribution is 7.11. The zero-order chi connectivity index (χ0) is 15.5. The molecule has 0 saturated heterocycles. The molecule has 2 unspecified atom stereocenters. The molecule has 1 spiro atoms. The number of carbonyl (C=O) groups excluding carboxylic acids is 1. The van der Waals surface area contributed by atoms with Gasteiger partial charge in [-0.1, -0.05) is 19.8 Å². The van der Waals surface area contributed by atoms with E-state index < -0.39 is 5.60 Å². The largest absolute Gasteiger partial charge is 0.389 e. The van der Waals surface area contributed by atoms with Crippen LogP contribution in [0, 0.1) is 11.3 Å². The molecule has 0 radical (unpaired) electrons. The van der Waals surface area contributed by atoms with Crippen molar-refractivity contribution in [1.29, 1.82) is 0 Å². The van der Waals surface area contributed by atoms with Crippen LogP contribution in [-0.2, 0) is 4.79 Å². The lowest BCUT2D eigenvalue weighted by Gasteiger charge is -2.51. The van der Waals surface area contributed by atoms with Gasteiger partial charge in [-0.3, -0.25) is 4.79 Å². The van der Waals surface area contributed by atoms with Crippen molar-refractivity contribution >= 4 is 22.7 Å². The molecule has 4 rings (SSSR count). The highest BCUT2D eigenvalue weighted by atomic mass is 32.1. The minimum atomic E-state index is -0.824. The lowest BCUT2D eigenvalue weighted by molar-refractivity contribution is -0.135. The third-order valence-electron chi connectivity index (χ3n) is 6.39. The van der Waals surface area contributed by atoms with Gasteiger partial charge < -0.3 is 5.11 Å². The summed E-state index contributed by atoms with van der Waals surface area (Å²) < 4.78 is 0. The van der Waals surface area contributed by atoms with Crippen LogP contribution in [0.2, 0.25) is 0 Å². The van der Waals surface area contributed by atoms with Crippen LogP contribution in [0.4, 0.5) is 0 Å². The third kappa shape index (κ3) is 1.78. The molecule has 2 bridgehead atoms. The molecule has 1 heterocycles.